The van der Waals surface area contributed by atoms with Gasteiger partial charge in [-0.2, -0.15) is 0 Å². The molecule has 0 radical (unpaired) electrons. The van der Waals surface area contributed by atoms with Crippen molar-refractivity contribution in [3.05, 3.63) is 53.1 Å². The molecule has 0 aliphatic carbocycles. The normalized spacial score (nSPS) is 10.8. The minimum atomic E-state index is 0.501. The Balaban J connectivity index is 1.99. The summed E-state index contributed by atoms with van der Waals surface area (Å²) >= 11 is 0. The lowest BCUT2D eigenvalue weighted by atomic mass is 10.1. The molecule has 0 saturated carbocycles. The number of nitrogens with two attached hydrogens (primary N) is 1. The van der Waals surface area contributed by atoms with Crippen LogP contribution in [-0.4, -0.2) is 9.55 Å². The highest BCUT2D eigenvalue weighted by molar-refractivity contribution is 5.22. The molecule has 0 unspecified atom stereocenters. The van der Waals surface area contributed by atoms with Crippen LogP contribution in [0.1, 0.15) is 22.6 Å². The predicted molar refractivity (Wildman–Crippen MR) is 69.7 cm³/mol. The Morgan fingerprint density at radius 1 is 1.18 bits per heavy atom. The van der Waals surface area contributed by atoms with E-state index >= 15 is 0 Å². The van der Waals surface area contributed by atoms with E-state index < -0.39 is 0 Å². The summed E-state index contributed by atoms with van der Waals surface area (Å²) in [6.07, 6.45) is 4.06. The molecule has 3 heteroatoms. The van der Waals surface area contributed by atoms with Gasteiger partial charge < -0.3 is 10.3 Å². The van der Waals surface area contributed by atoms with Gasteiger partial charge in [0.25, 0.3) is 0 Å². The van der Waals surface area contributed by atoms with Crippen LogP contribution in [0.5, 0.6) is 0 Å². The van der Waals surface area contributed by atoms with Crippen LogP contribution in [0.3, 0.4) is 0 Å². The third-order valence-electron chi connectivity index (χ3n) is 3.00. The summed E-state index contributed by atoms with van der Waals surface area (Å²) in [6, 6.07) is 8.67. The summed E-state index contributed by atoms with van der Waals surface area (Å²) in [4.78, 5) is 4.50. The fourth-order valence-electron chi connectivity index (χ4n) is 1.91. The van der Waals surface area contributed by atoms with Crippen LogP contribution < -0.4 is 5.73 Å². The van der Waals surface area contributed by atoms with E-state index in [0.717, 1.165) is 24.4 Å². The molecule has 1 heterocycles. The van der Waals surface area contributed by atoms with Crippen LogP contribution in [0, 0.1) is 6.92 Å². The summed E-state index contributed by atoms with van der Waals surface area (Å²) in [6.45, 7) is 2.61. The van der Waals surface area contributed by atoms with Crippen molar-refractivity contribution in [3.63, 3.8) is 0 Å². The van der Waals surface area contributed by atoms with Gasteiger partial charge in [-0.15, -0.1) is 0 Å². The SMILES string of the molecule is Cc1ccc(CCc2cn(C)c(CN)n2)cc1. The summed E-state index contributed by atoms with van der Waals surface area (Å²) < 4.78 is 2.00. The van der Waals surface area contributed by atoms with E-state index in [1.54, 1.807) is 0 Å². The average Bonchev–Trinajstić information content (AvgIpc) is 2.69. The molecule has 0 amide bonds. The molecule has 2 rings (SSSR count). The Morgan fingerprint density at radius 3 is 2.47 bits per heavy atom. The van der Waals surface area contributed by atoms with Crippen molar-refractivity contribution in [2.45, 2.75) is 26.3 Å². The highest BCUT2D eigenvalue weighted by atomic mass is 15.1. The summed E-state index contributed by atoms with van der Waals surface area (Å²) in [5, 5.41) is 0. The largest absolute Gasteiger partial charge is 0.337 e. The monoisotopic (exact) mass is 229 g/mol. The molecule has 3 nitrogen and oxygen atoms in total. The number of nitrogens with zero attached hydrogens (tertiary/aromatic N) is 2. The van der Waals surface area contributed by atoms with Gasteiger partial charge in [0.1, 0.15) is 5.82 Å². The Morgan fingerprint density at radius 2 is 1.88 bits per heavy atom. The molecule has 0 spiro atoms. The predicted octanol–water partition coefficient (Wildman–Crippen LogP) is 1.97. The highest BCUT2D eigenvalue weighted by Gasteiger charge is 2.03. The molecule has 0 fully saturated rings. The van der Waals surface area contributed by atoms with Gasteiger partial charge in [-0.25, -0.2) is 4.98 Å². The van der Waals surface area contributed by atoms with Crippen molar-refractivity contribution in [2.24, 2.45) is 12.8 Å². The van der Waals surface area contributed by atoms with Crippen LogP contribution in [0.15, 0.2) is 30.5 Å². The van der Waals surface area contributed by atoms with Gasteiger partial charge in [0.05, 0.1) is 12.2 Å². The third kappa shape index (κ3) is 2.94. The molecule has 0 atom stereocenters. The Kier molecular flexibility index (Phi) is 3.59. The summed E-state index contributed by atoms with van der Waals surface area (Å²) in [5.41, 5.74) is 9.38. The lowest BCUT2D eigenvalue weighted by molar-refractivity contribution is 0.793. The van der Waals surface area contributed by atoms with Gasteiger partial charge >= 0.3 is 0 Å². The summed E-state index contributed by atoms with van der Waals surface area (Å²) in [5.74, 6) is 0.948. The maximum atomic E-state index is 5.60. The molecule has 2 N–H and O–H groups in total. The second-order valence-corrected chi connectivity index (χ2v) is 4.45. The molecule has 2 aromatic rings. The summed E-state index contributed by atoms with van der Waals surface area (Å²) in [7, 11) is 1.99. The zero-order valence-electron chi connectivity index (χ0n) is 10.5. The minimum Gasteiger partial charge on any atom is -0.337 e. The van der Waals surface area contributed by atoms with E-state index in [1.165, 1.54) is 11.1 Å². The smallest absolute Gasteiger partial charge is 0.122 e. The van der Waals surface area contributed by atoms with E-state index in [2.05, 4.69) is 42.4 Å². The van der Waals surface area contributed by atoms with E-state index in [4.69, 9.17) is 5.73 Å². The topological polar surface area (TPSA) is 43.8 Å². The Hall–Kier alpha value is -1.61. The molecule has 90 valence electrons. The molecule has 0 bridgehead atoms. The number of imidazole rings is 1. The molecule has 17 heavy (non-hydrogen) atoms. The van der Waals surface area contributed by atoms with Gasteiger partial charge in [-0.05, 0) is 25.3 Å². The molecule has 0 aliphatic heterocycles. The first-order chi connectivity index (χ1) is 8.19. The quantitative estimate of drug-likeness (QED) is 0.871. The van der Waals surface area contributed by atoms with Crippen molar-refractivity contribution in [2.75, 3.05) is 0 Å². The maximum Gasteiger partial charge on any atom is 0.122 e. The van der Waals surface area contributed by atoms with Crippen LogP contribution >= 0.6 is 0 Å². The van der Waals surface area contributed by atoms with E-state index in [-0.39, 0.29) is 0 Å². The zero-order chi connectivity index (χ0) is 12.3. The number of rotatable bonds is 4. The second kappa shape index (κ2) is 5.15. The van der Waals surface area contributed by atoms with E-state index in [1.807, 2.05) is 11.6 Å². The molecule has 1 aromatic heterocycles. The van der Waals surface area contributed by atoms with Gasteiger partial charge in [0.15, 0.2) is 0 Å². The number of hydrogen-bond donors (Lipinski definition) is 1. The number of benzene rings is 1. The number of aromatic nitrogens is 2. The van der Waals surface area contributed by atoms with Crippen LogP contribution in [-0.2, 0) is 26.4 Å². The van der Waals surface area contributed by atoms with E-state index in [0.29, 0.717) is 6.54 Å². The van der Waals surface area contributed by atoms with Gasteiger partial charge in [-0.3, -0.25) is 0 Å². The van der Waals surface area contributed by atoms with Crippen LogP contribution in [0.4, 0.5) is 0 Å². The average molecular weight is 229 g/mol. The lowest BCUT2D eigenvalue weighted by Gasteiger charge is -1.99. The van der Waals surface area contributed by atoms with Crippen LogP contribution in [0.25, 0.3) is 0 Å². The first kappa shape index (κ1) is 11.9. The van der Waals surface area contributed by atoms with Crippen molar-refractivity contribution >= 4 is 0 Å². The standard InChI is InChI=1S/C14H19N3/c1-11-3-5-12(6-4-11)7-8-13-10-17(2)14(9-15)16-13/h3-6,10H,7-9,15H2,1-2H3. The zero-order valence-corrected chi connectivity index (χ0v) is 10.5. The third-order valence-corrected chi connectivity index (χ3v) is 3.00. The van der Waals surface area contributed by atoms with Crippen molar-refractivity contribution in [1.29, 1.82) is 0 Å². The van der Waals surface area contributed by atoms with Gasteiger partial charge in [0.2, 0.25) is 0 Å². The van der Waals surface area contributed by atoms with Gasteiger partial charge in [0, 0.05) is 13.2 Å². The van der Waals surface area contributed by atoms with Crippen molar-refractivity contribution < 1.29 is 0 Å². The van der Waals surface area contributed by atoms with Crippen molar-refractivity contribution in [1.82, 2.24) is 9.55 Å². The first-order valence-electron chi connectivity index (χ1n) is 5.96. The van der Waals surface area contributed by atoms with E-state index in [9.17, 15) is 0 Å². The number of hydrogen-bond acceptors (Lipinski definition) is 2. The molecular formula is C14H19N3. The second-order valence-electron chi connectivity index (χ2n) is 4.45. The first-order valence-corrected chi connectivity index (χ1v) is 5.96. The lowest BCUT2D eigenvalue weighted by Crippen LogP contribution is -2.03. The van der Waals surface area contributed by atoms with Crippen LogP contribution in [0.2, 0.25) is 0 Å². The molecule has 1 aromatic carbocycles. The molecule has 0 aliphatic rings. The fraction of sp³-hybridized carbons (Fsp3) is 0.357. The number of aryl methyl sites for hydroxylation is 4. The fourth-order valence-corrected chi connectivity index (χ4v) is 1.91. The minimum absolute atomic E-state index is 0.501. The molecule has 0 saturated heterocycles. The Labute approximate surface area is 102 Å². The maximum absolute atomic E-state index is 5.60. The highest BCUT2D eigenvalue weighted by Crippen LogP contribution is 2.08. The van der Waals surface area contributed by atoms with Gasteiger partial charge in [-0.1, -0.05) is 29.8 Å². The Bertz CT molecular complexity index is 483. The molecular weight excluding hydrogens is 210 g/mol. The van der Waals surface area contributed by atoms with Crippen molar-refractivity contribution in [3.8, 4) is 0 Å².